The van der Waals surface area contributed by atoms with E-state index in [2.05, 4.69) is 22.1 Å². The minimum Gasteiger partial charge on any atom is -0.508 e. The summed E-state index contributed by atoms with van der Waals surface area (Å²) in [6.07, 6.45) is 2.67. The number of aromatic nitrogens is 2. The summed E-state index contributed by atoms with van der Waals surface area (Å²) in [7, 11) is 0. The van der Waals surface area contributed by atoms with Crippen molar-refractivity contribution in [1.29, 1.82) is 0 Å². The van der Waals surface area contributed by atoms with Crippen LogP contribution in [0.3, 0.4) is 0 Å². The molecule has 42 heavy (non-hydrogen) atoms. The van der Waals surface area contributed by atoms with Crippen molar-refractivity contribution in [3.63, 3.8) is 0 Å². The quantitative estimate of drug-likeness (QED) is 0.233. The Kier molecular flexibility index (Phi) is 7.30. The lowest BCUT2D eigenvalue weighted by Crippen LogP contribution is -2.35. The SMILES string of the molecule is C=C(O)c1ccc2nc(CN3CCC(c4cccc5c4OC[C@H](c4ccc(Cl)cc4F)O5)CC3)n(C[C@@H]3CCO3)c2c1. The molecule has 2 saturated heterocycles. The minimum atomic E-state index is -0.525. The molecule has 1 aromatic heterocycles. The number of hydrogen-bond acceptors (Lipinski definition) is 6. The Bertz CT molecular complexity index is 1640. The predicted octanol–water partition coefficient (Wildman–Crippen LogP) is 7.04. The molecule has 2 atom stereocenters. The fraction of sp³-hybridized carbons (Fsp3) is 0.364. The fourth-order valence-corrected chi connectivity index (χ4v) is 6.43. The third-order valence-electron chi connectivity index (χ3n) is 8.70. The molecular formula is C33H33ClFN3O4. The first-order chi connectivity index (χ1) is 20.4. The van der Waals surface area contributed by atoms with Crippen molar-refractivity contribution in [2.75, 3.05) is 26.3 Å². The largest absolute Gasteiger partial charge is 0.508 e. The molecule has 2 fully saturated rings. The number of halogens is 2. The van der Waals surface area contributed by atoms with Gasteiger partial charge in [-0.25, -0.2) is 9.37 Å². The zero-order chi connectivity index (χ0) is 28.8. The van der Waals surface area contributed by atoms with Gasteiger partial charge >= 0.3 is 0 Å². The van der Waals surface area contributed by atoms with Crippen LogP contribution in [0.1, 0.15) is 53.8 Å². The number of hydrogen-bond donors (Lipinski definition) is 1. The van der Waals surface area contributed by atoms with Crippen molar-refractivity contribution in [1.82, 2.24) is 14.5 Å². The number of piperidine rings is 1. The molecule has 3 aliphatic heterocycles. The maximum Gasteiger partial charge on any atom is 0.164 e. The third kappa shape index (κ3) is 5.23. The highest BCUT2D eigenvalue weighted by Gasteiger charge is 2.31. The molecular weight excluding hydrogens is 557 g/mol. The van der Waals surface area contributed by atoms with E-state index in [1.165, 1.54) is 6.07 Å². The average Bonchev–Trinajstić information content (AvgIpc) is 3.30. The molecule has 0 aliphatic carbocycles. The van der Waals surface area contributed by atoms with Crippen LogP contribution in [0.2, 0.25) is 5.02 Å². The lowest BCUT2D eigenvalue weighted by Gasteiger charge is -2.35. The first-order valence-corrected chi connectivity index (χ1v) is 14.9. The van der Waals surface area contributed by atoms with Gasteiger partial charge in [0.1, 0.15) is 24.0 Å². The molecule has 3 aromatic carbocycles. The standard InChI is InChI=1S/C33H33ClFN3O4/c1-20(39)22-5-8-28-29(15-22)38(17-24-11-14-40-24)32(36-28)18-37-12-9-21(10-13-37)25-3-2-4-30-33(25)41-19-31(42-30)26-7-6-23(34)16-27(26)35/h2-8,15-16,21,24,31,39H,1,9-14,17-19H2/t24-,31+/m0/s1. The van der Waals surface area contributed by atoms with E-state index < -0.39 is 11.9 Å². The summed E-state index contributed by atoms with van der Waals surface area (Å²) in [5, 5.41) is 10.3. The summed E-state index contributed by atoms with van der Waals surface area (Å²) < 4.78 is 35.0. The van der Waals surface area contributed by atoms with Crippen LogP contribution in [0.15, 0.2) is 61.2 Å². The number of nitrogens with zero attached hydrogens (tertiary/aromatic N) is 3. The molecule has 1 N–H and O–H groups in total. The topological polar surface area (TPSA) is 69.0 Å². The second kappa shape index (κ2) is 11.2. The first-order valence-electron chi connectivity index (χ1n) is 14.5. The van der Waals surface area contributed by atoms with Crippen LogP contribution in [-0.4, -0.2) is 52.0 Å². The Balaban J connectivity index is 1.05. The van der Waals surface area contributed by atoms with E-state index in [0.29, 0.717) is 27.8 Å². The van der Waals surface area contributed by atoms with E-state index in [9.17, 15) is 9.50 Å². The van der Waals surface area contributed by atoms with Gasteiger partial charge < -0.3 is 23.9 Å². The molecule has 0 saturated carbocycles. The second-order valence-electron chi connectivity index (χ2n) is 11.4. The molecule has 7 nitrogen and oxygen atoms in total. The van der Waals surface area contributed by atoms with Crippen molar-refractivity contribution in [2.45, 2.75) is 50.5 Å². The molecule has 0 amide bonds. The van der Waals surface area contributed by atoms with Gasteiger partial charge in [-0.1, -0.05) is 36.4 Å². The number of imidazole rings is 1. The number of likely N-dealkylation sites (tertiary alicyclic amines) is 1. The maximum absolute atomic E-state index is 14.5. The van der Waals surface area contributed by atoms with Crippen LogP contribution in [0.25, 0.3) is 16.8 Å². The number of fused-ring (bicyclic) bond motifs is 2. The summed E-state index contributed by atoms with van der Waals surface area (Å²) in [6, 6.07) is 16.4. The smallest absolute Gasteiger partial charge is 0.164 e. The van der Waals surface area contributed by atoms with Gasteiger partial charge in [-0.05, 0) is 74.7 Å². The Morgan fingerprint density at radius 2 is 1.90 bits per heavy atom. The highest BCUT2D eigenvalue weighted by Crippen LogP contribution is 2.44. The molecule has 218 valence electrons. The average molecular weight is 590 g/mol. The highest BCUT2D eigenvalue weighted by molar-refractivity contribution is 6.30. The van der Waals surface area contributed by atoms with Gasteiger partial charge in [-0.2, -0.15) is 0 Å². The number of ether oxygens (including phenoxy) is 3. The van der Waals surface area contributed by atoms with Crippen LogP contribution in [0.4, 0.5) is 4.39 Å². The Morgan fingerprint density at radius 3 is 2.64 bits per heavy atom. The van der Waals surface area contributed by atoms with Crippen LogP contribution in [0.5, 0.6) is 11.5 Å². The van der Waals surface area contributed by atoms with Gasteiger partial charge in [0.25, 0.3) is 0 Å². The Morgan fingerprint density at radius 1 is 1.07 bits per heavy atom. The number of rotatable bonds is 7. The molecule has 0 bridgehead atoms. The molecule has 9 heteroatoms. The first kappa shape index (κ1) is 27.3. The van der Waals surface area contributed by atoms with Crippen molar-refractivity contribution < 1.29 is 23.7 Å². The molecule has 4 heterocycles. The van der Waals surface area contributed by atoms with Crippen molar-refractivity contribution in [3.05, 3.63) is 94.5 Å². The molecule has 7 rings (SSSR count). The van der Waals surface area contributed by atoms with Gasteiger partial charge in [0.2, 0.25) is 0 Å². The van der Waals surface area contributed by atoms with E-state index in [0.717, 1.165) is 80.2 Å². The number of para-hydroxylation sites is 1. The number of benzene rings is 3. The van der Waals surface area contributed by atoms with Crippen molar-refractivity contribution >= 4 is 28.4 Å². The van der Waals surface area contributed by atoms with Crippen LogP contribution in [-0.2, 0) is 17.8 Å². The lowest BCUT2D eigenvalue weighted by atomic mass is 9.88. The monoisotopic (exact) mass is 589 g/mol. The number of aliphatic hydroxyl groups is 1. The van der Waals surface area contributed by atoms with Crippen molar-refractivity contribution in [2.24, 2.45) is 0 Å². The molecule has 3 aliphatic rings. The second-order valence-corrected chi connectivity index (χ2v) is 11.8. The van der Waals surface area contributed by atoms with Crippen LogP contribution >= 0.6 is 11.6 Å². The van der Waals surface area contributed by atoms with Gasteiger partial charge in [-0.3, -0.25) is 4.90 Å². The van der Waals surface area contributed by atoms with Gasteiger partial charge in [0.05, 0.1) is 30.2 Å². The zero-order valence-electron chi connectivity index (χ0n) is 23.3. The van der Waals surface area contributed by atoms with E-state index >= 15 is 0 Å². The molecule has 0 radical (unpaired) electrons. The van der Waals surface area contributed by atoms with E-state index in [1.807, 2.05) is 30.3 Å². The highest BCUT2D eigenvalue weighted by atomic mass is 35.5. The zero-order valence-corrected chi connectivity index (χ0v) is 24.0. The third-order valence-corrected chi connectivity index (χ3v) is 8.93. The van der Waals surface area contributed by atoms with Gasteiger partial charge in [0, 0.05) is 28.3 Å². The summed E-state index contributed by atoms with van der Waals surface area (Å²) >= 11 is 5.93. The Labute approximate surface area is 249 Å². The predicted molar refractivity (Wildman–Crippen MR) is 160 cm³/mol. The summed E-state index contributed by atoms with van der Waals surface area (Å²) in [5.74, 6) is 2.43. The van der Waals surface area contributed by atoms with E-state index in [-0.39, 0.29) is 18.5 Å². The molecule has 0 spiro atoms. The summed E-state index contributed by atoms with van der Waals surface area (Å²) in [5.41, 5.74) is 4.19. The van der Waals surface area contributed by atoms with Gasteiger partial charge in [0.15, 0.2) is 17.6 Å². The Hall–Kier alpha value is -3.59. The summed E-state index contributed by atoms with van der Waals surface area (Å²) in [4.78, 5) is 7.43. The van der Waals surface area contributed by atoms with Crippen molar-refractivity contribution in [3.8, 4) is 11.5 Å². The van der Waals surface area contributed by atoms with Gasteiger partial charge in [-0.15, -0.1) is 0 Å². The fourth-order valence-electron chi connectivity index (χ4n) is 6.27. The lowest BCUT2D eigenvalue weighted by molar-refractivity contribution is -0.0592. The maximum atomic E-state index is 14.5. The minimum absolute atomic E-state index is 0.0540. The normalized spacial score (nSPS) is 20.9. The summed E-state index contributed by atoms with van der Waals surface area (Å²) in [6.45, 7) is 8.08. The van der Waals surface area contributed by atoms with Crippen LogP contribution < -0.4 is 9.47 Å². The molecule has 0 unspecified atom stereocenters. The van der Waals surface area contributed by atoms with Crippen LogP contribution in [0, 0.1) is 5.82 Å². The number of aliphatic hydroxyl groups excluding tert-OH is 1. The molecule has 4 aromatic rings. The van der Waals surface area contributed by atoms with E-state index in [1.54, 1.807) is 12.1 Å². The van der Waals surface area contributed by atoms with E-state index in [4.69, 9.17) is 30.8 Å².